The number of hydrogen-bond acceptors (Lipinski definition) is 3. The van der Waals surface area contributed by atoms with Gasteiger partial charge in [-0.1, -0.05) is 18.2 Å². The fourth-order valence-corrected chi connectivity index (χ4v) is 2.69. The van der Waals surface area contributed by atoms with Gasteiger partial charge in [-0.05, 0) is 6.07 Å². The van der Waals surface area contributed by atoms with Gasteiger partial charge in [0, 0.05) is 28.0 Å². The van der Waals surface area contributed by atoms with Crippen molar-refractivity contribution in [2.75, 3.05) is 0 Å². The van der Waals surface area contributed by atoms with Crippen LogP contribution < -0.4 is 0 Å². The van der Waals surface area contributed by atoms with Crippen molar-refractivity contribution in [3.8, 4) is 16.6 Å². The average Bonchev–Trinajstić information content (AvgIpc) is 2.95. The molecule has 2 aromatic heterocycles. The van der Waals surface area contributed by atoms with Crippen LogP contribution in [0.4, 0.5) is 0 Å². The third-order valence-electron chi connectivity index (χ3n) is 2.63. The number of nitriles is 1. The van der Waals surface area contributed by atoms with Gasteiger partial charge >= 0.3 is 0 Å². The third kappa shape index (κ3) is 1.71. The van der Waals surface area contributed by atoms with E-state index in [1.54, 1.807) is 11.3 Å². The number of rotatable bonds is 2. The van der Waals surface area contributed by atoms with Gasteiger partial charge in [0.2, 0.25) is 0 Å². The smallest absolute Gasteiger partial charge is 0.125 e. The first-order valence-corrected chi connectivity index (χ1v) is 6.14. The minimum absolute atomic E-state index is 0.374. The SMILES string of the molecule is N#CCc1csc(-c2c[nH]c3ccccc23)n1. The van der Waals surface area contributed by atoms with Crippen molar-refractivity contribution in [1.29, 1.82) is 5.26 Å². The first-order chi connectivity index (χ1) is 8.38. The number of fused-ring (bicyclic) bond motifs is 1. The zero-order valence-electron chi connectivity index (χ0n) is 8.97. The molecule has 0 atom stereocenters. The Morgan fingerprint density at radius 3 is 3.12 bits per heavy atom. The van der Waals surface area contributed by atoms with Crippen molar-refractivity contribution >= 4 is 22.2 Å². The van der Waals surface area contributed by atoms with E-state index in [2.05, 4.69) is 22.1 Å². The summed E-state index contributed by atoms with van der Waals surface area (Å²) in [6.45, 7) is 0. The molecule has 1 N–H and O–H groups in total. The van der Waals surface area contributed by atoms with E-state index in [9.17, 15) is 0 Å². The Morgan fingerprint density at radius 2 is 2.24 bits per heavy atom. The average molecular weight is 239 g/mol. The summed E-state index contributed by atoms with van der Waals surface area (Å²) in [5.41, 5.74) is 3.06. The number of aromatic nitrogens is 2. The lowest BCUT2D eigenvalue weighted by Gasteiger charge is -1.92. The molecule has 0 aliphatic rings. The maximum absolute atomic E-state index is 8.64. The molecule has 3 nitrogen and oxygen atoms in total. The van der Waals surface area contributed by atoms with E-state index in [0.29, 0.717) is 6.42 Å². The zero-order valence-corrected chi connectivity index (χ0v) is 9.79. The lowest BCUT2D eigenvalue weighted by Crippen LogP contribution is -1.80. The van der Waals surface area contributed by atoms with Crippen LogP contribution in [0.15, 0.2) is 35.8 Å². The van der Waals surface area contributed by atoms with E-state index < -0.39 is 0 Å². The molecular weight excluding hydrogens is 230 g/mol. The molecule has 2 heterocycles. The molecule has 3 aromatic rings. The summed E-state index contributed by atoms with van der Waals surface area (Å²) in [6.07, 6.45) is 2.35. The largest absolute Gasteiger partial charge is 0.360 e. The van der Waals surface area contributed by atoms with Crippen molar-refractivity contribution < 1.29 is 0 Å². The van der Waals surface area contributed by atoms with Crippen LogP contribution in [0.2, 0.25) is 0 Å². The Hall–Kier alpha value is -2.12. The van der Waals surface area contributed by atoms with Crippen LogP contribution in [-0.2, 0) is 6.42 Å². The van der Waals surface area contributed by atoms with Crippen LogP contribution >= 0.6 is 11.3 Å². The summed E-state index contributed by atoms with van der Waals surface area (Å²) < 4.78 is 0. The molecule has 0 aliphatic heterocycles. The van der Waals surface area contributed by atoms with Gasteiger partial charge < -0.3 is 4.98 Å². The maximum Gasteiger partial charge on any atom is 0.125 e. The molecule has 1 aromatic carbocycles. The molecule has 82 valence electrons. The summed E-state index contributed by atoms with van der Waals surface area (Å²) >= 11 is 1.58. The van der Waals surface area contributed by atoms with Crippen molar-refractivity contribution in [2.45, 2.75) is 6.42 Å². The number of nitrogens with one attached hydrogen (secondary N) is 1. The van der Waals surface area contributed by atoms with Crippen LogP contribution in [0.1, 0.15) is 5.69 Å². The molecule has 0 saturated carbocycles. The van der Waals surface area contributed by atoms with Gasteiger partial charge in [-0.2, -0.15) is 5.26 Å². The Kier molecular flexibility index (Phi) is 2.39. The normalized spacial score (nSPS) is 10.5. The Balaban J connectivity index is 2.11. The van der Waals surface area contributed by atoms with E-state index in [1.807, 2.05) is 29.8 Å². The second kappa shape index (κ2) is 4.04. The molecule has 17 heavy (non-hydrogen) atoms. The fourth-order valence-electron chi connectivity index (χ4n) is 1.84. The quantitative estimate of drug-likeness (QED) is 0.745. The predicted octanol–water partition coefficient (Wildman–Crippen LogP) is 3.36. The van der Waals surface area contributed by atoms with Crippen LogP contribution in [0, 0.1) is 11.3 Å². The molecular formula is C13H9N3S. The van der Waals surface area contributed by atoms with E-state index in [1.165, 1.54) is 5.39 Å². The molecule has 0 bridgehead atoms. The highest BCUT2D eigenvalue weighted by molar-refractivity contribution is 7.13. The van der Waals surface area contributed by atoms with Gasteiger partial charge in [-0.25, -0.2) is 4.98 Å². The fraction of sp³-hybridized carbons (Fsp3) is 0.0769. The first kappa shape index (κ1) is 10.1. The Labute approximate surface area is 102 Å². The maximum atomic E-state index is 8.64. The molecule has 0 radical (unpaired) electrons. The standard InChI is InChI=1S/C13H9N3S/c14-6-5-9-8-17-13(16-9)11-7-15-12-4-2-1-3-10(11)12/h1-4,7-8,15H,5H2. The van der Waals surface area contributed by atoms with Crippen LogP contribution in [0.5, 0.6) is 0 Å². The van der Waals surface area contributed by atoms with Crippen LogP contribution in [-0.4, -0.2) is 9.97 Å². The Morgan fingerprint density at radius 1 is 1.35 bits per heavy atom. The summed E-state index contributed by atoms with van der Waals surface area (Å²) in [7, 11) is 0. The van der Waals surface area contributed by atoms with Crippen LogP contribution in [0.25, 0.3) is 21.5 Å². The highest BCUT2D eigenvalue weighted by Gasteiger charge is 2.09. The number of thiazole rings is 1. The summed E-state index contributed by atoms with van der Waals surface area (Å²) in [6, 6.07) is 10.3. The van der Waals surface area contributed by atoms with Gasteiger partial charge in [0.05, 0.1) is 18.2 Å². The lowest BCUT2D eigenvalue weighted by atomic mass is 10.2. The lowest BCUT2D eigenvalue weighted by molar-refractivity contribution is 1.16. The summed E-state index contributed by atoms with van der Waals surface area (Å²) in [5.74, 6) is 0. The number of H-pyrrole nitrogens is 1. The zero-order chi connectivity index (χ0) is 11.7. The number of benzene rings is 1. The number of hydrogen-bond donors (Lipinski definition) is 1. The molecule has 0 saturated heterocycles. The molecule has 0 aliphatic carbocycles. The van der Waals surface area contributed by atoms with Gasteiger partial charge in [0.1, 0.15) is 5.01 Å². The monoisotopic (exact) mass is 239 g/mol. The third-order valence-corrected chi connectivity index (χ3v) is 3.56. The first-order valence-electron chi connectivity index (χ1n) is 5.26. The second-order valence-electron chi connectivity index (χ2n) is 3.73. The molecule has 0 amide bonds. The molecule has 4 heteroatoms. The number of aromatic amines is 1. The summed E-state index contributed by atoms with van der Waals surface area (Å²) in [5, 5.41) is 12.7. The molecule has 0 fully saturated rings. The minimum Gasteiger partial charge on any atom is -0.360 e. The van der Waals surface area contributed by atoms with Crippen molar-refractivity contribution in [3.05, 3.63) is 41.5 Å². The van der Waals surface area contributed by atoms with E-state index in [-0.39, 0.29) is 0 Å². The van der Waals surface area contributed by atoms with Gasteiger partial charge in [-0.15, -0.1) is 11.3 Å². The topological polar surface area (TPSA) is 52.5 Å². The van der Waals surface area contributed by atoms with Crippen molar-refractivity contribution in [3.63, 3.8) is 0 Å². The highest BCUT2D eigenvalue weighted by Crippen LogP contribution is 2.30. The minimum atomic E-state index is 0.374. The van der Waals surface area contributed by atoms with E-state index in [0.717, 1.165) is 21.8 Å². The van der Waals surface area contributed by atoms with Crippen LogP contribution in [0.3, 0.4) is 0 Å². The molecule has 0 spiro atoms. The number of para-hydroxylation sites is 1. The predicted molar refractivity (Wildman–Crippen MR) is 68.7 cm³/mol. The van der Waals surface area contributed by atoms with E-state index >= 15 is 0 Å². The van der Waals surface area contributed by atoms with Gasteiger partial charge in [0.15, 0.2) is 0 Å². The number of nitrogens with zero attached hydrogens (tertiary/aromatic N) is 2. The molecule has 3 rings (SSSR count). The van der Waals surface area contributed by atoms with Gasteiger partial charge in [0.25, 0.3) is 0 Å². The second-order valence-corrected chi connectivity index (χ2v) is 4.58. The summed E-state index contributed by atoms with van der Waals surface area (Å²) in [4.78, 5) is 7.70. The Bertz CT molecular complexity index is 703. The van der Waals surface area contributed by atoms with E-state index in [4.69, 9.17) is 5.26 Å². The van der Waals surface area contributed by atoms with Crippen molar-refractivity contribution in [1.82, 2.24) is 9.97 Å². The van der Waals surface area contributed by atoms with Gasteiger partial charge in [-0.3, -0.25) is 0 Å². The van der Waals surface area contributed by atoms with Crippen molar-refractivity contribution in [2.24, 2.45) is 0 Å². The molecule has 0 unspecified atom stereocenters. The highest BCUT2D eigenvalue weighted by atomic mass is 32.1.